The predicted molar refractivity (Wildman–Crippen MR) is 130 cm³/mol. The van der Waals surface area contributed by atoms with E-state index in [1.54, 1.807) is 23.1 Å². The number of aromatic nitrogens is 4. The monoisotopic (exact) mass is 453 g/mol. The third-order valence-electron chi connectivity index (χ3n) is 5.43. The lowest BCUT2D eigenvalue weighted by atomic mass is 10.0. The lowest BCUT2D eigenvalue weighted by molar-refractivity contribution is -0.384. The first-order chi connectivity index (χ1) is 16.1. The van der Waals surface area contributed by atoms with Crippen molar-refractivity contribution in [2.24, 2.45) is 0 Å². The average Bonchev–Trinajstić information content (AvgIpc) is 3.44. The summed E-state index contributed by atoms with van der Waals surface area (Å²) >= 11 is 5.80. The number of hydrogen-bond donors (Lipinski definition) is 1. The quantitative estimate of drug-likeness (QED) is 0.194. The van der Waals surface area contributed by atoms with Crippen LogP contribution in [0.25, 0.3) is 28.1 Å². The smallest absolute Gasteiger partial charge is 0.270 e. The molecule has 0 saturated carbocycles. The Morgan fingerprint density at radius 1 is 0.939 bits per heavy atom. The van der Waals surface area contributed by atoms with Crippen LogP contribution in [-0.4, -0.2) is 24.3 Å². The first-order valence-electron chi connectivity index (χ1n) is 10.3. The van der Waals surface area contributed by atoms with Crippen molar-refractivity contribution < 1.29 is 4.92 Å². The van der Waals surface area contributed by atoms with Crippen molar-refractivity contribution in [3.63, 3.8) is 0 Å². The van der Waals surface area contributed by atoms with Crippen LogP contribution >= 0.6 is 12.2 Å². The number of H-pyrrole nitrogens is 1. The molecule has 33 heavy (non-hydrogen) atoms. The molecule has 8 heteroatoms. The molecule has 3 aromatic carbocycles. The molecule has 2 heterocycles. The van der Waals surface area contributed by atoms with Gasteiger partial charge in [0.2, 0.25) is 4.77 Å². The first kappa shape index (κ1) is 20.6. The molecular formula is C25H19N5O2S. The van der Waals surface area contributed by atoms with Gasteiger partial charge in [-0.1, -0.05) is 72.8 Å². The molecule has 0 unspecified atom stereocenters. The fraction of sp³-hybridized carbons (Fsp3) is 0.0400. The van der Waals surface area contributed by atoms with Gasteiger partial charge in [-0.05, 0) is 23.3 Å². The molecule has 0 saturated heterocycles. The Morgan fingerprint density at radius 3 is 2.36 bits per heavy atom. The van der Waals surface area contributed by atoms with E-state index in [1.807, 2.05) is 77.5 Å². The second kappa shape index (κ2) is 8.68. The topological polar surface area (TPSA) is 81.7 Å². The molecule has 0 aliphatic rings. The van der Waals surface area contributed by atoms with Crippen molar-refractivity contribution in [1.82, 2.24) is 19.3 Å². The highest BCUT2D eigenvalue weighted by Gasteiger charge is 2.20. The Balaban J connectivity index is 1.68. The van der Waals surface area contributed by atoms with Crippen molar-refractivity contribution >= 4 is 17.9 Å². The Hall–Kier alpha value is -4.30. The zero-order chi connectivity index (χ0) is 22.8. The molecule has 0 fully saturated rings. The third kappa shape index (κ3) is 3.99. The normalized spacial score (nSPS) is 10.9. The second-order valence-corrected chi connectivity index (χ2v) is 7.89. The Labute approximate surface area is 194 Å². The fourth-order valence-corrected chi connectivity index (χ4v) is 4.10. The minimum Gasteiger partial charge on any atom is -0.359 e. The summed E-state index contributed by atoms with van der Waals surface area (Å²) in [5, 5.41) is 15.9. The van der Waals surface area contributed by atoms with E-state index in [9.17, 15) is 10.1 Å². The van der Waals surface area contributed by atoms with E-state index < -0.39 is 4.92 Å². The zero-order valence-corrected chi connectivity index (χ0v) is 18.3. The van der Waals surface area contributed by atoms with E-state index >= 15 is 0 Å². The van der Waals surface area contributed by atoms with Gasteiger partial charge in [0.25, 0.3) is 5.69 Å². The molecule has 5 rings (SSSR count). The molecule has 0 amide bonds. The highest BCUT2D eigenvalue weighted by Crippen LogP contribution is 2.36. The summed E-state index contributed by atoms with van der Waals surface area (Å²) in [6.45, 7) is 0.546. The fourth-order valence-electron chi connectivity index (χ4n) is 3.85. The summed E-state index contributed by atoms with van der Waals surface area (Å²) in [7, 11) is 0. The molecule has 2 aromatic heterocycles. The van der Waals surface area contributed by atoms with Crippen LogP contribution in [0.15, 0.2) is 97.5 Å². The molecule has 0 aliphatic carbocycles. The van der Waals surface area contributed by atoms with Gasteiger partial charge in [-0.2, -0.15) is 5.10 Å². The molecule has 0 atom stereocenters. The van der Waals surface area contributed by atoms with Crippen molar-refractivity contribution in [2.75, 3.05) is 0 Å². The minimum absolute atomic E-state index is 0.0256. The maximum absolute atomic E-state index is 11.4. The van der Waals surface area contributed by atoms with Crippen LogP contribution < -0.4 is 0 Å². The first-order valence-corrected chi connectivity index (χ1v) is 10.7. The van der Waals surface area contributed by atoms with Crippen LogP contribution in [0, 0.1) is 14.9 Å². The van der Waals surface area contributed by atoms with Crippen molar-refractivity contribution in [3.8, 4) is 28.1 Å². The highest BCUT2D eigenvalue weighted by molar-refractivity contribution is 7.71. The van der Waals surface area contributed by atoms with E-state index in [-0.39, 0.29) is 5.69 Å². The van der Waals surface area contributed by atoms with Crippen molar-refractivity contribution in [3.05, 3.63) is 118 Å². The van der Waals surface area contributed by atoms with E-state index in [2.05, 4.69) is 10.1 Å². The van der Waals surface area contributed by atoms with E-state index in [1.165, 1.54) is 6.07 Å². The Kier molecular flexibility index (Phi) is 5.42. The van der Waals surface area contributed by atoms with Crippen LogP contribution in [0.3, 0.4) is 0 Å². The highest BCUT2D eigenvalue weighted by atomic mass is 32.1. The molecule has 5 aromatic rings. The van der Waals surface area contributed by atoms with E-state index in [0.717, 1.165) is 28.1 Å². The zero-order valence-electron chi connectivity index (χ0n) is 17.5. The number of rotatable bonds is 6. The van der Waals surface area contributed by atoms with Crippen LogP contribution in [0.1, 0.15) is 5.56 Å². The van der Waals surface area contributed by atoms with Gasteiger partial charge in [0.05, 0.1) is 22.8 Å². The van der Waals surface area contributed by atoms with Gasteiger partial charge in [-0.15, -0.1) is 0 Å². The summed E-state index contributed by atoms with van der Waals surface area (Å²) in [6, 6.07) is 26.5. The molecule has 162 valence electrons. The van der Waals surface area contributed by atoms with E-state index in [4.69, 9.17) is 12.2 Å². The number of nitrogens with one attached hydrogen (secondary N) is 1. The van der Waals surface area contributed by atoms with Crippen LogP contribution in [-0.2, 0) is 6.54 Å². The molecule has 1 N–H and O–H groups in total. The summed E-state index contributed by atoms with van der Waals surface area (Å²) in [6.07, 6.45) is 3.59. The van der Waals surface area contributed by atoms with Crippen molar-refractivity contribution in [2.45, 2.75) is 6.54 Å². The molecule has 0 aliphatic heterocycles. The lowest BCUT2D eigenvalue weighted by Gasteiger charge is -2.09. The number of nitro groups is 1. The maximum Gasteiger partial charge on any atom is 0.270 e. The number of non-ortho nitro benzene ring substituents is 1. The van der Waals surface area contributed by atoms with Crippen LogP contribution in [0.2, 0.25) is 0 Å². The number of nitro benzene ring substituents is 1. The number of nitrogens with zero attached hydrogens (tertiary/aromatic N) is 4. The largest absolute Gasteiger partial charge is 0.359 e. The van der Waals surface area contributed by atoms with Gasteiger partial charge in [-0.3, -0.25) is 14.7 Å². The lowest BCUT2D eigenvalue weighted by Crippen LogP contribution is -2.03. The average molecular weight is 454 g/mol. The summed E-state index contributed by atoms with van der Waals surface area (Å²) < 4.78 is 4.15. The second-order valence-electron chi connectivity index (χ2n) is 7.53. The summed E-state index contributed by atoms with van der Waals surface area (Å²) in [5.74, 6) is 0. The van der Waals surface area contributed by atoms with Crippen molar-refractivity contribution in [1.29, 1.82) is 0 Å². The summed E-state index contributed by atoms with van der Waals surface area (Å²) in [4.78, 5) is 14.3. The Bertz CT molecular complexity index is 1490. The van der Waals surface area contributed by atoms with Crippen LogP contribution in [0.4, 0.5) is 5.69 Å². The standard InChI is InChI=1S/C25H19N5O2S/c31-30(32)21-13-7-12-20(14-21)23-24(22(15-26-23)19-10-5-2-6-11-19)28-17-27-29(25(28)33)16-18-8-3-1-4-9-18/h1-15,17,26H,16H2. The van der Waals surface area contributed by atoms with Gasteiger partial charge >= 0.3 is 0 Å². The van der Waals surface area contributed by atoms with Gasteiger partial charge < -0.3 is 4.98 Å². The summed E-state index contributed by atoms with van der Waals surface area (Å²) in [5.41, 5.74) is 5.26. The Morgan fingerprint density at radius 2 is 1.64 bits per heavy atom. The molecule has 0 spiro atoms. The van der Waals surface area contributed by atoms with Crippen LogP contribution in [0.5, 0.6) is 0 Å². The molecule has 7 nitrogen and oxygen atoms in total. The minimum atomic E-state index is -0.395. The van der Waals surface area contributed by atoms with Gasteiger partial charge in [0.15, 0.2) is 0 Å². The van der Waals surface area contributed by atoms with Gasteiger partial charge in [0, 0.05) is 29.5 Å². The van der Waals surface area contributed by atoms with E-state index in [0.29, 0.717) is 16.9 Å². The maximum atomic E-state index is 11.4. The predicted octanol–water partition coefficient (Wildman–Crippen LogP) is 6.02. The van der Waals surface area contributed by atoms with Gasteiger partial charge in [-0.25, -0.2) is 4.68 Å². The number of aromatic amines is 1. The third-order valence-corrected chi connectivity index (χ3v) is 5.84. The molecular weight excluding hydrogens is 434 g/mol. The molecule has 0 bridgehead atoms. The number of hydrogen-bond acceptors (Lipinski definition) is 4. The molecule has 0 radical (unpaired) electrons. The SMILES string of the molecule is O=[N+]([O-])c1cccc(-c2[nH]cc(-c3ccccc3)c2-n2cnn(Cc3ccccc3)c2=S)c1. The number of benzene rings is 3. The van der Waals surface area contributed by atoms with Gasteiger partial charge in [0.1, 0.15) is 6.33 Å².